The van der Waals surface area contributed by atoms with Crippen molar-refractivity contribution in [2.24, 2.45) is 0 Å². The number of aryl methyl sites for hydroxylation is 1. The lowest BCUT2D eigenvalue weighted by atomic mass is 10.1. The fourth-order valence-electron chi connectivity index (χ4n) is 1.36. The second-order valence-electron chi connectivity index (χ2n) is 3.71. The van der Waals surface area contributed by atoms with Gasteiger partial charge in [-0.3, -0.25) is 0 Å². The topological polar surface area (TPSA) is 89.6 Å². The second kappa shape index (κ2) is 5.34. The van der Waals surface area contributed by atoms with Crippen molar-refractivity contribution in [1.82, 2.24) is 0 Å². The van der Waals surface area contributed by atoms with Crippen LogP contribution in [0.15, 0.2) is 18.2 Å². The molecule has 1 atom stereocenters. The number of carbonyl (C=O) groups excluding carboxylic acids is 1. The predicted octanol–water partition coefficient (Wildman–Crippen LogP) is 1.60. The van der Waals surface area contributed by atoms with Crippen molar-refractivity contribution in [3.63, 3.8) is 0 Å². The summed E-state index contributed by atoms with van der Waals surface area (Å²) in [6, 6.07) is 4.83. The molecule has 0 aromatic heterocycles. The average Bonchev–Trinajstić information content (AvgIpc) is 2.28. The number of aliphatic carboxylic acids is 1. The van der Waals surface area contributed by atoms with Gasteiger partial charge < -0.3 is 15.6 Å². The first-order chi connectivity index (χ1) is 7.95. The minimum atomic E-state index is -1.15. The largest absolute Gasteiger partial charge is 0.479 e. The number of esters is 1. The molecule has 92 valence electrons. The molecule has 5 nitrogen and oxygen atoms in total. The summed E-state index contributed by atoms with van der Waals surface area (Å²) in [4.78, 5) is 22.5. The third kappa shape index (κ3) is 3.21. The summed E-state index contributed by atoms with van der Waals surface area (Å²) in [6.45, 7) is 3.37. The SMILES string of the molecule is CCC(OC(=O)c1cc(N)ccc1C)C(=O)O. The van der Waals surface area contributed by atoms with Gasteiger partial charge in [-0.05, 0) is 31.0 Å². The summed E-state index contributed by atoms with van der Waals surface area (Å²) in [5.74, 6) is -1.81. The number of nitrogens with two attached hydrogens (primary N) is 1. The van der Waals surface area contributed by atoms with Gasteiger partial charge in [0.05, 0.1) is 5.56 Å². The van der Waals surface area contributed by atoms with E-state index in [1.54, 1.807) is 26.0 Å². The quantitative estimate of drug-likeness (QED) is 0.613. The van der Waals surface area contributed by atoms with Crippen LogP contribution in [0.25, 0.3) is 0 Å². The molecule has 3 N–H and O–H groups in total. The van der Waals surface area contributed by atoms with E-state index in [4.69, 9.17) is 15.6 Å². The number of nitrogen functional groups attached to an aromatic ring is 1. The van der Waals surface area contributed by atoms with Crippen molar-refractivity contribution in [3.8, 4) is 0 Å². The molecule has 0 bridgehead atoms. The Morgan fingerprint density at radius 3 is 2.65 bits per heavy atom. The van der Waals surface area contributed by atoms with Crippen LogP contribution in [0.3, 0.4) is 0 Å². The van der Waals surface area contributed by atoms with Crippen molar-refractivity contribution >= 4 is 17.6 Å². The van der Waals surface area contributed by atoms with E-state index >= 15 is 0 Å². The molecule has 0 fully saturated rings. The van der Waals surface area contributed by atoms with Crippen molar-refractivity contribution in [1.29, 1.82) is 0 Å². The molecular weight excluding hydrogens is 222 g/mol. The number of hydrogen-bond donors (Lipinski definition) is 2. The lowest BCUT2D eigenvalue weighted by Gasteiger charge is -2.13. The molecular formula is C12H15NO4. The first kappa shape index (κ1) is 13.0. The van der Waals surface area contributed by atoms with Crippen LogP contribution in [-0.4, -0.2) is 23.1 Å². The molecule has 0 saturated carbocycles. The van der Waals surface area contributed by atoms with Gasteiger partial charge in [0, 0.05) is 5.69 Å². The van der Waals surface area contributed by atoms with Crippen LogP contribution in [-0.2, 0) is 9.53 Å². The number of hydrogen-bond acceptors (Lipinski definition) is 4. The van der Waals surface area contributed by atoms with Crippen LogP contribution in [0.5, 0.6) is 0 Å². The van der Waals surface area contributed by atoms with E-state index in [1.165, 1.54) is 6.07 Å². The third-order valence-electron chi connectivity index (χ3n) is 2.38. The normalized spacial score (nSPS) is 11.9. The molecule has 0 radical (unpaired) electrons. The first-order valence-electron chi connectivity index (χ1n) is 5.25. The molecule has 5 heteroatoms. The summed E-state index contributed by atoms with van der Waals surface area (Å²) in [7, 11) is 0. The Bertz CT molecular complexity index is 442. The third-order valence-corrected chi connectivity index (χ3v) is 2.38. The highest BCUT2D eigenvalue weighted by Gasteiger charge is 2.21. The van der Waals surface area contributed by atoms with Gasteiger partial charge in [-0.15, -0.1) is 0 Å². The predicted molar refractivity (Wildman–Crippen MR) is 62.7 cm³/mol. The maximum absolute atomic E-state index is 11.8. The molecule has 0 spiro atoms. The standard InChI is InChI=1S/C12H15NO4/c1-3-10(11(14)15)17-12(16)9-6-8(13)5-4-7(9)2/h4-6,10H,3,13H2,1-2H3,(H,14,15). The average molecular weight is 237 g/mol. The Morgan fingerprint density at radius 1 is 1.47 bits per heavy atom. The monoisotopic (exact) mass is 237 g/mol. The van der Waals surface area contributed by atoms with E-state index in [-0.39, 0.29) is 6.42 Å². The number of ether oxygens (including phenoxy) is 1. The molecule has 0 amide bonds. The summed E-state index contributed by atoms with van der Waals surface area (Å²) in [5.41, 5.74) is 6.99. The van der Waals surface area contributed by atoms with Gasteiger partial charge >= 0.3 is 11.9 Å². The van der Waals surface area contributed by atoms with Crippen LogP contribution < -0.4 is 5.73 Å². The van der Waals surface area contributed by atoms with Crippen molar-refractivity contribution < 1.29 is 19.4 Å². The zero-order valence-corrected chi connectivity index (χ0v) is 9.77. The second-order valence-corrected chi connectivity index (χ2v) is 3.71. The minimum absolute atomic E-state index is 0.225. The molecule has 1 rings (SSSR count). The maximum atomic E-state index is 11.8. The molecule has 0 heterocycles. The number of rotatable bonds is 4. The van der Waals surface area contributed by atoms with Gasteiger partial charge in [-0.1, -0.05) is 13.0 Å². The summed E-state index contributed by atoms with van der Waals surface area (Å²) in [6.07, 6.45) is -0.897. The highest BCUT2D eigenvalue weighted by Crippen LogP contribution is 2.15. The molecule has 0 aliphatic heterocycles. The molecule has 0 saturated heterocycles. The highest BCUT2D eigenvalue weighted by molar-refractivity contribution is 5.93. The Hall–Kier alpha value is -2.04. The van der Waals surface area contributed by atoms with E-state index in [1.807, 2.05) is 0 Å². The number of carboxylic acid groups (broad SMARTS) is 1. The minimum Gasteiger partial charge on any atom is -0.479 e. The molecule has 0 aliphatic rings. The number of carboxylic acids is 1. The van der Waals surface area contributed by atoms with Crippen LogP contribution in [0, 0.1) is 6.92 Å². The Balaban J connectivity index is 2.89. The summed E-state index contributed by atoms with van der Waals surface area (Å²) in [5, 5.41) is 8.79. The zero-order chi connectivity index (χ0) is 13.0. The van der Waals surface area contributed by atoms with Crippen LogP contribution in [0.4, 0.5) is 5.69 Å². The van der Waals surface area contributed by atoms with Gasteiger partial charge in [-0.25, -0.2) is 9.59 Å². The lowest BCUT2D eigenvalue weighted by molar-refractivity contribution is -0.147. The van der Waals surface area contributed by atoms with E-state index in [0.29, 0.717) is 16.8 Å². The molecule has 1 aromatic rings. The maximum Gasteiger partial charge on any atom is 0.345 e. The molecule has 1 unspecified atom stereocenters. The summed E-state index contributed by atoms with van der Waals surface area (Å²) >= 11 is 0. The van der Waals surface area contributed by atoms with Crippen molar-refractivity contribution in [2.75, 3.05) is 5.73 Å². The fourth-order valence-corrected chi connectivity index (χ4v) is 1.36. The van der Waals surface area contributed by atoms with E-state index in [2.05, 4.69) is 0 Å². The molecule has 1 aromatic carbocycles. The molecule has 17 heavy (non-hydrogen) atoms. The van der Waals surface area contributed by atoms with E-state index < -0.39 is 18.0 Å². The van der Waals surface area contributed by atoms with Gasteiger partial charge in [0.25, 0.3) is 0 Å². The van der Waals surface area contributed by atoms with Crippen LogP contribution >= 0.6 is 0 Å². The Morgan fingerprint density at radius 2 is 2.12 bits per heavy atom. The lowest BCUT2D eigenvalue weighted by Crippen LogP contribution is -2.26. The van der Waals surface area contributed by atoms with Crippen molar-refractivity contribution in [2.45, 2.75) is 26.4 Å². The Labute approximate surface area is 99.2 Å². The smallest absolute Gasteiger partial charge is 0.345 e. The van der Waals surface area contributed by atoms with Crippen LogP contribution in [0.2, 0.25) is 0 Å². The van der Waals surface area contributed by atoms with Gasteiger partial charge in [0.1, 0.15) is 0 Å². The number of anilines is 1. The van der Waals surface area contributed by atoms with E-state index in [0.717, 1.165) is 0 Å². The first-order valence-corrected chi connectivity index (χ1v) is 5.25. The summed E-state index contributed by atoms with van der Waals surface area (Å²) < 4.78 is 4.89. The molecule has 0 aliphatic carbocycles. The van der Waals surface area contributed by atoms with Gasteiger partial charge in [0.2, 0.25) is 0 Å². The van der Waals surface area contributed by atoms with Crippen LogP contribution in [0.1, 0.15) is 29.3 Å². The van der Waals surface area contributed by atoms with Gasteiger partial charge in [0.15, 0.2) is 6.10 Å². The number of carbonyl (C=O) groups is 2. The van der Waals surface area contributed by atoms with Crippen molar-refractivity contribution in [3.05, 3.63) is 29.3 Å². The van der Waals surface area contributed by atoms with E-state index in [9.17, 15) is 9.59 Å². The zero-order valence-electron chi connectivity index (χ0n) is 9.77. The number of benzene rings is 1. The van der Waals surface area contributed by atoms with Gasteiger partial charge in [-0.2, -0.15) is 0 Å². The fraction of sp³-hybridized carbons (Fsp3) is 0.333. The highest BCUT2D eigenvalue weighted by atomic mass is 16.6. The Kier molecular flexibility index (Phi) is 4.09.